The number of carbonyl (C=O) groups excluding carboxylic acids is 1. The van der Waals surface area contributed by atoms with Gasteiger partial charge in [-0.15, -0.1) is 0 Å². The van der Waals surface area contributed by atoms with E-state index in [9.17, 15) is 14.9 Å². The lowest BCUT2D eigenvalue weighted by Gasteiger charge is -2.37. The van der Waals surface area contributed by atoms with Crippen LogP contribution in [0, 0.1) is 10.1 Å². The van der Waals surface area contributed by atoms with E-state index >= 15 is 0 Å². The third kappa shape index (κ3) is 4.16. The fourth-order valence-corrected chi connectivity index (χ4v) is 3.39. The molecule has 6 nitrogen and oxygen atoms in total. The molecule has 0 radical (unpaired) electrons. The van der Waals surface area contributed by atoms with Gasteiger partial charge in [0.2, 0.25) is 6.04 Å². The van der Waals surface area contributed by atoms with Crippen LogP contribution in [0.3, 0.4) is 0 Å². The molecule has 3 rings (SSSR count). The summed E-state index contributed by atoms with van der Waals surface area (Å²) in [7, 11) is 0. The van der Waals surface area contributed by atoms with E-state index in [2.05, 4.69) is 0 Å². The molecule has 0 saturated carbocycles. The molecule has 2 aromatic rings. The molecule has 1 aliphatic heterocycles. The van der Waals surface area contributed by atoms with Crippen molar-refractivity contribution in [2.75, 3.05) is 0 Å². The smallest absolute Gasteiger partial charge is 0.415 e. The molecule has 27 heavy (non-hydrogen) atoms. The van der Waals surface area contributed by atoms with Crippen LogP contribution in [-0.2, 0) is 11.3 Å². The van der Waals surface area contributed by atoms with Gasteiger partial charge in [0, 0.05) is 17.0 Å². The van der Waals surface area contributed by atoms with Crippen LogP contribution >= 0.6 is 0 Å². The molecule has 140 valence electrons. The molecule has 0 unspecified atom stereocenters. The zero-order valence-electron chi connectivity index (χ0n) is 15.2. The molecular formula is C21H22N2O4. The molecule has 0 fully saturated rings. The molecular weight excluding hydrogens is 344 g/mol. The molecule has 1 heterocycles. The Morgan fingerprint density at radius 1 is 1.15 bits per heavy atom. The molecule has 0 aromatic heterocycles. The van der Waals surface area contributed by atoms with Gasteiger partial charge < -0.3 is 4.74 Å². The maximum absolute atomic E-state index is 12.9. The molecule has 0 spiro atoms. The normalized spacial score (nSPS) is 19.3. The molecule has 0 bridgehead atoms. The Morgan fingerprint density at radius 3 is 2.37 bits per heavy atom. The van der Waals surface area contributed by atoms with Crippen LogP contribution in [0.1, 0.15) is 36.9 Å². The maximum Gasteiger partial charge on any atom is 0.415 e. The minimum Gasteiger partial charge on any atom is -0.444 e. The van der Waals surface area contributed by atoms with E-state index in [1.54, 1.807) is 6.08 Å². The molecule has 1 amide bonds. The number of nitrogens with zero attached hydrogens (tertiary/aromatic N) is 2. The van der Waals surface area contributed by atoms with E-state index in [1.165, 1.54) is 4.90 Å². The van der Waals surface area contributed by atoms with Crippen molar-refractivity contribution in [2.45, 2.75) is 38.5 Å². The zero-order chi connectivity index (χ0) is 19.2. The van der Waals surface area contributed by atoms with E-state index in [-0.39, 0.29) is 18.0 Å². The summed E-state index contributed by atoms with van der Waals surface area (Å²) in [6, 6.07) is 16.9. The van der Waals surface area contributed by atoms with Gasteiger partial charge in [-0.2, -0.15) is 0 Å². The average molecular weight is 366 g/mol. The number of nitro groups is 1. The second-order valence-corrected chi connectivity index (χ2v) is 6.40. The highest BCUT2D eigenvalue weighted by Crippen LogP contribution is 2.37. The van der Waals surface area contributed by atoms with Gasteiger partial charge in [0.1, 0.15) is 12.6 Å². The Hall–Kier alpha value is -3.15. The van der Waals surface area contributed by atoms with Crippen LogP contribution in [0.5, 0.6) is 0 Å². The highest BCUT2D eigenvalue weighted by atomic mass is 16.6. The van der Waals surface area contributed by atoms with Crippen molar-refractivity contribution in [2.24, 2.45) is 0 Å². The fourth-order valence-electron chi connectivity index (χ4n) is 3.39. The predicted octanol–water partition coefficient (Wildman–Crippen LogP) is 4.71. The van der Waals surface area contributed by atoms with Gasteiger partial charge in [-0.25, -0.2) is 4.79 Å². The van der Waals surface area contributed by atoms with Crippen molar-refractivity contribution in [1.82, 2.24) is 4.90 Å². The van der Waals surface area contributed by atoms with Crippen LogP contribution in [0.25, 0.3) is 0 Å². The van der Waals surface area contributed by atoms with Crippen molar-refractivity contribution in [3.8, 4) is 0 Å². The van der Waals surface area contributed by atoms with E-state index in [4.69, 9.17) is 4.74 Å². The van der Waals surface area contributed by atoms with Gasteiger partial charge in [0.05, 0.1) is 0 Å². The third-order valence-corrected chi connectivity index (χ3v) is 4.72. The summed E-state index contributed by atoms with van der Waals surface area (Å²) >= 11 is 0. The lowest BCUT2D eigenvalue weighted by Crippen LogP contribution is -2.45. The van der Waals surface area contributed by atoms with Gasteiger partial charge in [-0.1, -0.05) is 73.7 Å². The first-order valence-corrected chi connectivity index (χ1v) is 8.99. The van der Waals surface area contributed by atoms with Crippen LogP contribution in [0.4, 0.5) is 4.79 Å². The van der Waals surface area contributed by atoms with Gasteiger partial charge >= 0.3 is 6.09 Å². The van der Waals surface area contributed by atoms with E-state index in [0.717, 1.165) is 16.8 Å². The Kier molecular flexibility index (Phi) is 5.86. The molecule has 1 aliphatic rings. The first kappa shape index (κ1) is 18.6. The second-order valence-electron chi connectivity index (χ2n) is 6.40. The lowest BCUT2D eigenvalue weighted by molar-refractivity contribution is -0.530. The largest absolute Gasteiger partial charge is 0.444 e. The van der Waals surface area contributed by atoms with Crippen molar-refractivity contribution in [3.05, 3.63) is 93.7 Å². The number of ether oxygens (including phenoxy) is 1. The molecule has 0 saturated heterocycles. The monoisotopic (exact) mass is 366 g/mol. The van der Waals surface area contributed by atoms with Crippen molar-refractivity contribution < 1.29 is 14.5 Å². The molecule has 2 atom stereocenters. The predicted molar refractivity (Wildman–Crippen MR) is 101 cm³/mol. The number of benzene rings is 2. The summed E-state index contributed by atoms with van der Waals surface area (Å²) in [4.78, 5) is 25.8. The van der Waals surface area contributed by atoms with Crippen LogP contribution in [0.15, 0.2) is 72.4 Å². The van der Waals surface area contributed by atoms with Crippen molar-refractivity contribution >= 4 is 6.09 Å². The molecule has 6 heteroatoms. The maximum atomic E-state index is 12.9. The average Bonchev–Trinajstić information content (AvgIpc) is 2.72. The van der Waals surface area contributed by atoms with Crippen LogP contribution < -0.4 is 0 Å². The first-order valence-electron chi connectivity index (χ1n) is 8.99. The number of hydrogen-bond donors (Lipinski definition) is 0. The first-order chi connectivity index (χ1) is 13.1. The Labute approximate surface area is 158 Å². The summed E-state index contributed by atoms with van der Waals surface area (Å²) in [5.74, 6) is 0. The van der Waals surface area contributed by atoms with Gasteiger partial charge in [0.15, 0.2) is 0 Å². The minimum absolute atomic E-state index is 0.123. The van der Waals surface area contributed by atoms with Crippen LogP contribution in [-0.4, -0.2) is 22.0 Å². The molecule has 0 aliphatic carbocycles. The van der Waals surface area contributed by atoms with Crippen molar-refractivity contribution in [3.63, 3.8) is 0 Å². The number of carbonyl (C=O) groups is 1. The Balaban J connectivity index is 1.91. The minimum atomic E-state index is -0.910. The Morgan fingerprint density at radius 2 is 1.78 bits per heavy atom. The summed E-state index contributed by atoms with van der Waals surface area (Å²) in [5.41, 5.74) is 2.35. The number of hydrogen-bond acceptors (Lipinski definition) is 4. The van der Waals surface area contributed by atoms with Gasteiger partial charge in [-0.3, -0.25) is 15.0 Å². The SMILES string of the molecule is CCC1=CC[C@H]([N+](=O)[O-])[C@H](c2ccccc2)N1C(=O)OCc1ccccc1. The fraction of sp³-hybridized carbons (Fsp3) is 0.286. The van der Waals surface area contributed by atoms with Crippen molar-refractivity contribution in [1.29, 1.82) is 0 Å². The molecule has 0 N–H and O–H groups in total. The number of allylic oxidation sites excluding steroid dienone is 1. The van der Waals surface area contributed by atoms with Crippen LogP contribution in [0.2, 0.25) is 0 Å². The lowest BCUT2D eigenvalue weighted by atomic mass is 9.91. The summed E-state index contributed by atoms with van der Waals surface area (Å²) < 4.78 is 5.50. The number of rotatable bonds is 5. The third-order valence-electron chi connectivity index (χ3n) is 4.72. The van der Waals surface area contributed by atoms with E-state index in [1.807, 2.05) is 67.6 Å². The zero-order valence-corrected chi connectivity index (χ0v) is 15.2. The highest BCUT2D eigenvalue weighted by molar-refractivity contribution is 5.71. The summed E-state index contributed by atoms with van der Waals surface area (Å²) in [6.45, 7) is 2.05. The quantitative estimate of drug-likeness (QED) is 0.567. The van der Waals surface area contributed by atoms with Gasteiger partial charge in [0.25, 0.3) is 0 Å². The van der Waals surface area contributed by atoms with E-state index < -0.39 is 18.2 Å². The standard InChI is InChI=1S/C21H22N2O4/c1-2-18-13-14-19(23(25)26)20(17-11-7-4-8-12-17)22(18)21(24)27-15-16-9-5-3-6-10-16/h3-13,19-20H,2,14-15H2,1H3/t19-,20-/m0/s1. The number of amides is 1. The highest BCUT2D eigenvalue weighted by Gasteiger charge is 2.43. The van der Waals surface area contributed by atoms with Gasteiger partial charge in [-0.05, 0) is 17.5 Å². The second kappa shape index (κ2) is 8.49. The van der Waals surface area contributed by atoms with E-state index in [0.29, 0.717) is 6.42 Å². The summed E-state index contributed by atoms with van der Waals surface area (Å²) in [6.07, 6.45) is 2.09. The Bertz CT molecular complexity index is 821. The topological polar surface area (TPSA) is 72.7 Å². The summed E-state index contributed by atoms with van der Waals surface area (Å²) in [5, 5.41) is 11.7. The molecule has 2 aromatic carbocycles.